The Morgan fingerprint density at radius 1 is 1.64 bits per heavy atom. The first-order valence-corrected chi connectivity index (χ1v) is 5.04. The highest BCUT2D eigenvalue weighted by atomic mass is 16.5. The van der Waals surface area contributed by atoms with Crippen LogP contribution in [0.5, 0.6) is 0 Å². The van der Waals surface area contributed by atoms with E-state index in [4.69, 9.17) is 10.3 Å². The maximum Gasteiger partial charge on any atom is 0.227 e. The largest absolute Gasteiger partial charge is 0.339 e. The molecule has 0 radical (unpaired) electrons. The van der Waals surface area contributed by atoms with Gasteiger partial charge in [-0.05, 0) is 26.4 Å². The molecule has 0 aliphatic carbocycles. The Kier molecular flexibility index (Phi) is 2.79. The van der Waals surface area contributed by atoms with Crippen LogP contribution in [0.15, 0.2) is 4.52 Å². The van der Waals surface area contributed by atoms with Gasteiger partial charge in [0.1, 0.15) is 0 Å². The van der Waals surface area contributed by atoms with Gasteiger partial charge in [-0.25, -0.2) is 0 Å². The lowest BCUT2D eigenvalue weighted by Crippen LogP contribution is -2.18. The molecule has 1 aliphatic heterocycles. The van der Waals surface area contributed by atoms with Crippen LogP contribution in [0.1, 0.15) is 30.6 Å². The molecule has 1 fully saturated rings. The predicted octanol–water partition coefficient (Wildman–Crippen LogP) is 0.338. The molecule has 2 N–H and O–H groups in total. The average molecular weight is 196 g/mol. The number of nitrogens with zero attached hydrogens (tertiary/aromatic N) is 3. The van der Waals surface area contributed by atoms with E-state index in [1.807, 2.05) is 0 Å². The average Bonchev–Trinajstić information content (AvgIpc) is 2.74. The first-order chi connectivity index (χ1) is 6.81. The molecule has 1 atom stereocenters. The van der Waals surface area contributed by atoms with Crippen molar-refractivity contribution < 1.29 is 4.52 Å². The topological polar surface area (TPSA) is 68.2 Å². The van der Waals surface area contributed by atoms with Crippen LogP contribution in [0.25, 0.3) is 0 Å². The minimum absolute atomic E-state index is 0.338. The fraction of sp³-hybridized carbons (Fsp3) is 0.778. The standard InChI is InChI=1S/C9H16N4O/c1-13-6-2-3-7(13)9-11-8(4-5-10)14-12-9/h7H,2-6,10H2,1H3. The van der Waals surface area contributed by atoms with Gasteiger partial charge in [0.15, 0.2) is 5.82 Å². The summed E-state index contributed by atoms with van der Waals surface area (Å²) in [5, 5.41) is 3.98. The zero-order valence-corrected chi connectivity index (χ0v) is 8.44. The third-order valence-electron chi connectivity index (χ3n) is 2.66. The molecule has 1 aliphatic rings. The van der Waals surface area contributed by atoms with E-state index in [-0.39, 0.29) is 0 Å². The molecule has 1 unspecified atom stereocenters. The van der Waals surface area contributed by atoms with Crippen molar-refractivity contribution in [3.63, 3.8) is 0 Å². The van der Waals surface area contributed by atoms with Gasteiger partial charge in [-0.2, -0.15) is 4.98 Å². The summed E-state index contributed by atoms with van der Waals surface area (Å²) in [5.41, 5.74) is 5.41. The van der Waals surface area contributed by atoms with Crippen LogP contribution in [0.4, 0.5) is 0 Å². The van der Waals surface area contributed by atoms with Gasteiger partial charge in [-0.15, -0.1) is 0 Å². The van der Waals surface area contributed by atoms with Gasteiger partial charge < -0.3 is 10.3 Å². The van der Waals surface area contributed by atoms with E-state index in [2.05, 4.69) is 22.1 Å². The highest BCUT2D eigenvalue weighted by Gasteiger charge is 2.26. The molecule has 0 bridgehead atoms. The van der Waals surface area contributed by atoms with Crippen molar-refractivity contribution in [1.82, 2.24) is 15.0 Å². The van der Waals surface area contributed by atoms with Crippen molar-refractivity contribution in [1.29, 1.82) is 0 Å². The van der Waals surface area contributed by atoms with E-state index in [0.717, 1.165) is 18.8 Å². The molecule has 5 nitrogen and oxygen atoms in total. The van der Waals surface area contributed by atoms with E-state index in [0.29, 0.717) is 24.9 Å². The minimum Gasteiger partial charge on any atom is -0.339 e. The summed E-state index contributed by atoms with van der Waals surface area (Å²) in [6.45, 7) is 1.67. The van der Waals surface area contributed by atoms with Crippen molar-refractivity contribution in [2.45, 2.75) is 25.3 Å². The maximum absolute atomic E-state index is 5.41. The summed E-state index contributed by atoms with van der Waals surface area (Å²) >= 11 is 0. The summed E-state index contributed by atoms with van der Waals surface area (Å²) in [5.74, 6) is 1.47. The van der Waals surface area contributed by atoms with Gasteiger partial charge >= 0.3 is 0 Å². The van der Waals surface area contributed by atoms with Gasteiger partial charge in [0, 0.05) is 13.0 Å². The second-order valence-corrected chi connectivity index (χ2v) is 3.72. The Labute approximate surface area is 83.3 Å². The molecule has 0 saturated carbocycles. The van der Waals surface area contributed by atoms with E-state index < -0.39 is 0 Å². The van der Waals surface area contributed by atoms with Gasteiger partial charge in [-0.1, -0.05) is 5.16 Å². The van der Waals surface area contributed by atoms with Crippen LogP contribution in [0.2, 0.25) is 0 Å². The number of rotatable bonds is 3. The summed E-state index contributed by atoms with van der Waals surface area (Å²) in [7, 11) is 2.09. The van der Waals surface area contributed by atoms with Crippen molar-refractivity contribution in [3.8, 4) is 0 Å². The number of aromatic nitrogens is 2. The molecule has 0 spiro atoms. The third-order valence-corrected chi connectivity index (χ3v) is 2.66. The molecule has 5 heteroatoms. The number of likely N-dealkylation sites (tertiary alicyclic amines) is 1. The lowest BCUT2D eigenvalue weighted by Gasteiger charge is -2.14. The lowest BCUT2D eigenvalue weighted by atomic mass is 10.2. The molecule has 0 amide bonds. The first-order valence-electron chi connectivity index (χ1n) is 5.04. The lowest BCUT2D eigenvalue weighted by molar-refractivity contribution is 0.292. The fourth-order valence-corrected chi connectivity index (χ4v) is 1.86. The summed E-state index contributed by atoms with van der Waals surface area (Å²) in [6.07, 6.45) is 3.00. The smallest absolute Gasteiger partial charge is 0.227 e. The molecule has 1 aromatic heterocycles. The summed E-state index contributed by atoms with van der Waals surface area (Å²) in [4.78, 5) is 6.59. The van der Waals surface area contributed by atoms with Crippen molar-refractivity contribution in [3.05, 3.63) is 11.7 Å². The fourth-order valence-electron chi connectivity index (χ4n) is 1.86. The van der Waals surface area contributed by atoms with Crippen molar-refractivity contribution in [2.24, 2.45) is 5.73 Å². The molecular formula is C9H16N4O. The molecule has 0 aromatic carbocycles. The Balaban J connectivity index is 2.08. The molecule has 2 rings (SSSR count). The summed E-state index contributed by atoms with van der Waals surface area (Å²) in [6, 6.07) is 0.338. The molecule has 14 heavy (non-hydrogen) atoms. The Hall–Kier alpha value is -0.940. The molecular weight excluding hydrogens is 180 g/mol. The number of nitrogens with two attached hydrogens (primary N) is 1. The van der Waals surface area contributed by atoms with Crippen LogP contribution >= 0.6 is 0 Å². The highest BCUT2D eigenvalue weighted by Crippen LogP contribution is 2.27. The zero-order valence-electron chi connectivity index (χ0n) is 8.44. The molecule has 2 heterocycles. The van der Waals surface area contributed by atoms with Crippen LogP contribution in [-0.4, -0.2) is 35.2 Å². The minimum atomic E-state index is 0.338. The van der Waals surface area contributed by atoms with E-state index in [9.17, 15) is 0 Å². The van der Waals surface area contributed by atoms with E-state index in [1.165, 1.54) is 6.42 Å². The third kappa shape index (κ3) is 1.78. The second-order valence-electron chi connectivity index (χ2n) is 3.72. The van der Waals surface area contributed by atoms with Gasteiger partial charge in [0.25, 0.3) is 0 Å². The van der Waals surface area contributed by atoms with Crippen LogP contribution < -0.4 is 5.73 Å². The predicted molar refractivity (Wildman–Crippen MR) is 51.7 cm³/mol. The molecule has 78 valence electrons. The first kappa shape index (κ1) is 9.61. The van der Waals surface area contributed by atoms with Crippen molar-refractivity contribution >= 4 is 0 Å². The Morgan fingerprint density at radius 2 is 2.50 bits per heavy atom. The van der Waals surface area contributed by atoms with Gasteiger partial charge in [0.05, 0.1) is 6.04 Å². The van der Waals surface area contributed by atoms with Crippen LogP contribution in [-0.2, 0) is 6.42 Å². The number of hydrogen-bond donors (Lipinski definition) is 1. The van der Waals surface area contributed by atoms with E-state index in [1.54, 1.807) is 0 Å². The second kappa shape index (κ2) is 4.06. The number of hydrogen-bond acceptors (Lipinski definition) is 5. The quantitative estimate of drug-likeness (QED) is 0.755. The maximum atomic E-state index is 5.41. The van der Waals surface area contributed by atoms with Gasteiger partial charge in [0.2, 0.25) is 5.89 Å². The SMILES string of the molecule is CN1CCCC1c1noc(CCN)n1. The summed E-state index contributed by atoms with van der Waals surface area (Å²) < 4.78 is 5.10. The Bertz CT molecular complexity index is 299. The highest BCUT2D eigenvalue weighted by molar-refractivity contribution is 4.97. The van der Waals surface area contributed by atoms with Crippen LogP contribution in [0.3, 0.4) is 0 Å². The molecule has 1 saturated heterocycles. The van der Waals surface area contributed by atoms with Gasteiger partial charge in [-0.3, -0.25) is 4.90 Å². The normalized spacial score (nSPS) is 23.1. The zero-order chi connectivity index (χ0) is 9.97. The monoisotopic (exact) mass is 196 g/mol. The van der Waals surface area contributed by atoms with E-state index >= 15 is 0 Å². The van der Waals surface area contributed by atoms with Crippen molar-refractivity contribution in [2.75, 3.05) is 20.1 Å². The Morgan fingerprint density at radius 3 is 3.14 bits per heavy atom. The van der Waals surface area contributed by atoms with Crippen LogP contribution in [0, 0.1) is 0 Å². The molecule has 1 aromatic rings.